The van der Waals surface area contributed by atoms with Crippen molar-refractivity contribution < 1.29 is 19.2 Å². The fourth-order valence-corrected chi connectivity index (χ4v) is 4.51. The van der Waals surface area contributed by atoms with Gasteiger partial charge in [-0.05, 0) is 45.6 Å². The Balaban J connectivity index is 1.53. The van der Waals surface area contributed by atoms with Gasteiger partial charge in [-0.1, -0.05) is 19.3 Å². The summed E-state index contributed by atoms with van der Waals surface area (Å²) in [7, 11) is 0. The summed E-state index contributed by atoms with van der Waals surface area (Å²) in [6.45, 7) is 3.48. The topological polar surface area (TPSA) is 79.7 Å². The SMILES string of the molecule is Cc1cc(C(=O)CN2C(=O)C(=O)N(C3CCCCC3)C2=O)c(C)n1C1CC1. The third-order valence-corrected chi connectivity index (χ3v) is 6.02. The summed E-state index contributed by atoms with van der Waals surface area (Å²) in [4.78, 5) is 52.2. The van der Waals surface area contributed by atoms with Gasteiger partial charge in [0.25, 0.3) is 0 Å². The molecule has 7 heteroatoms. The van der Waals surface area contributed by atoms with E-state index >= 15 is 0 Å². The Labute approximate surface area is 158 Å². The summed E-state index contributed by atoms with van der Waals surface area (Å²) in [5, 5.41) is 0. The van der Waals surface area contributed by atoms with Gasteiger partial charge in [0, 0.05) is 29.0 Å². The van der Waals surface area contributed by atoms with E-state index in [0.717, 1.165) is 66.1 Å². The van der Waals surface area contributed by atoms with Crippen LogP contribution in [0.5, 0.6) is 0 Å². The highest BCUT2D eigenvalue weighted by molar-refractivity contribution is 6.45. The van der Waals surface area contributed by atoms with Gasteiger partial charge in [-0.2, -0.15) is 0 Å². The molecule has 27 heavy (non-hydrogen) atoms. The second-order valence-electron chi connectivity index (χ2n) is 7.95. The molecule has 2 aliphatic carbocycles. The quantitative estimate of drug-likeness (QED) is 0.453. The Kier molecular flexibility index (Phi) is 4.40. The lowest BCUT2D eigenvalue weighted by molar-refractivity contribution is -0.144. The first-order valence-corrected chi connectivity index (χ1v) is 9.80. The zero-order valence-electron chi connectivity index (χ0n) is 15.9. The van der Waals surface area contributed by atoms with Gasteiger partial charge in [-0.3, -0.25) is 19.3 Å². The summed E-state index contributed by atoms with van der Waals surface area (Å²) in [5.41, 5.74) is 2.41. The maximum atomic E-state index is 12.8. The molecule has 4 amide bonds. The zero-order chi connectivity index (χ0) is 19.3. The van der Waals surface area contributed by atoms with E-state index in [4.69, 9.17) is 0 Å². The molecule has 2 saturated carbocycles. The number of hydrogen-bond donors (Lipinski definition) is 0. The van der Waals surface area contributed by atoms with Crippen LogP contribution in [0.1, 0.15) is 72.7 Å². The molecule has 3 fully saturated rings. The summed E-state index contributed by atoms with van der Waals surface area (Å²) in [5.74, 6) is -1.96. The van der Waals surface area contributed by atoms with Crippen molar-refractivity contribution in [3.05, 3.63) is 23.0 Å². The van der Waals surface area contributed by atoms with Crippen LogP contribution in [0.2, 0.25) is 0 Å². The van der Waals surface area contributed by atoms with E-state index in [1.54, 1.807) is 0 Å². The van der Waals surface area contributed by atoms with Crippen LogP contribution in [-0.2, 0) is 9.59 Å². The normalized spacial score (nSPS) is 21.5. The maximum Gasteiger partial charge on any atom is 0.334 e. The van der Waals surface area contributed by atoms with Crippen molar-refractivity contribution in [2.75, 3.05) is 6.54 Å². The molecule has 1 aromatic rings. The second-order valence-corrected chi connectivity index (χ2v) is 7.95. The number of ketones is 1. The third-order valence-electron chi connectivity index (χ3n) is 6.02. The Hall–Kier alpha value is -2.44. The van der Waals surface area contributed by atoms with Crippen LogP contribution >= 0.6 is 0 Å². The molecule has 3 aliphatic rings. The van der Waals surface area contributed by atoms with Gasteiger partial charge in [0.05, 0.1) is 6.54 Å². The average Bonchev–Trinajstić information content (AvgIpc) is 3.40. The zero-order valence-corrected chi connectivity index (χ0v) is 15.9. The van der Waals surface area contributed by atoms with Crippen molar-refractivity contribution >= 4 is 23.6 Å². The number of urea groups is 1. The molecular formula is C20H25N3O4. The lowest BCUT2D eigenvalue weighted by Crippen LogP contribution is -2.43. The molecule has 0 N–H and O–H groups in total. The van der Waals surface area contributed by atoms with Crippen LogP contribution in [0.4, 0.5) is 4.79 Å². The fraction of sp³-hybridized carbons (Fsp3) is 0.600. The minimum absolute atomic E-state index is 0.220. The molecule has 0 bridgehead atoms. The van der Waals surface area contributed by atoms with Crippen molar-refractivity contribution in [1.82, 2.24) is 14.4 Å². The standard InChI is InChI=1S/C20H25N3O4/c1-12-10-16(13(2)22(12)15-8-9-15)17(24)11-21-18(25)19(26)23(20(21)27)14-6-4-3-5-7-14/h10,14-15H,3-9,11H2,1-2H3. The number of hydrogen-bond acceptors (Lipinski definition) is 4. The molecule has 0 spiro atoms. The van der Waals surface area contributed by atoms with E-state index < -0.39 is 17.8 Å². The van der Waals surface area contributed by atoms with Crippen LogP contribution in [0.25, 0.3) is 0 Å². The second kappa shape index (κ2) is 6.62. The largest absolute Gasteiger partial charge is 0.345 e. The Morgan fingerprint density at radius 2 is 1.63 bits per heavy atom. The van der Waals surface area contributed by atoms with Gasteiger partial charge < -0.3 is 4.57 Å². The third kappa shape index (κ3) is 2.99. The summed E-state index contributed by atoms with van der Waals surface area (Å²) < 4.78 is 2.15. The van der Waals surface area contributed by atoms with Crippen LogP contribution in [-0.4, -0.2) is 50.6 Å². The van der Waals surface area contributed by atoms with Crippen LogP contribution in [0.15, 0.2) is 6.07 Å². The molecule has 4 rings (SSSR count). The van der Waals surface area contributed by atoms with Crippen molar-refractivity contribution in [2.24, 2.45) is 0 Å². The summed E-state index contributed by atoms with van der Waals surface area (Å²) in [6.07, 6.45) is 6.66. The first kappa shape index (κ1) is 17.9. The van der Waals surface area contributed by atoms with Crippen molar-refractivity contribution in [2.45, 2.75) is 70.9 Å². The molecule has 2 heterocycles. The van der Waals surface area contributed by atoms with Gasteiger partial charge in [-0.15, -0.1) is 0 Å². The van der Waals surface area contributed by atoms with E-state index in [-0.39, 0.29) is 18.4 Å². The first-order valence-electron chi connectivity index (χ1n) is 9.80. The molecule has 0 aromatic carbocycles. The molecule has 144 valence electrons. The number of Topliss-reactive ketones (excluding diaryl/α,β-unsaturated/α-hetero) is 1. The maximum absolute atomic E-state index is 12.8. The predicted molar refractivity (Wildman–Crippen MR) is 97.3 cm³/mol. The van der Waals surface area contributed by atoms with Crippen molar-refractivity contribution in [3.8, 4) is 0 Å². The van der Waals surface area contributed by atoms with Crippen LogP contribution < -0.4 is 0 Å². The molecule has 0 unspecified atom stereocenters. The van der Waals surface area contributed by atoms with Gasteiger partial charge in [-0.25, -0.2) is 9.69 Å². The van der Waals surface area contributed by atoms with Crippen molar-refractivity contribution in [1.29, 1.82) is 0 Å². The summed E-state index contributed by atoms with van der Waals surface area (Å²) in [6, 6.07) is 1.41. The van der Waals surface area contributed by atoms with Gasteiger partial charge >= 0.3 is 17.8 Å². The number of rotatable bonds is 5. The fourth-order valence-electron chi connectivity index (χ4n) is 4.51. The van der Waals surface area contributed by atoms with E-state index in [9.17, 15) is 19.2 Å². The molecule has 0 atom stereocenters. The smallest absolute Gasteiger partial charge is 0.334 e. The number of carbonyl (C=O) groups excluding carboxylic acids is 4. The highest BCUT2D eigenvalue weighted by Gasteiger charge is 2.48. The Bertz CT molecular complexity index is 831. The highest BCUT2D eigenvalue weighted by Crippen LogP contribution is 2.38. The number of aryl methyl sites for hydroxylation is 1. The Morgan fingerprint density at radius 3 is 2.26 bits per heavy atom. The molecular weight excluding hydrogens is 346 g/mol. The number of amides is 4. The minimum atomic E-state index is -0.880. The number of aromatic nitrogens is 1. The lowest BCUT2D eigenvalue weighted by atomic mass is 9.94. The predicted octanol–water partition coefficient (Wildman–Crippen LogP) is 2.75. The minimum Gasteiger partial charge on any atom is -0.345 e. The number of carbonyl (C=O) groups is 4. The number of nitrogens with zero attached hydrogens (tertiary/aromatic N) is 3. The van der Waals surface area contributed by atoms with Gasteiger partial charge in [0.2, 0.25) is 0 Å². The molecule has 1 aromatic heterocycles. The van der Waals surface area contributed by atoms with Gasteiger partial charge in [0.1, 0.15) is 0 Å². The molecule has 7 nitrogen and oxygen atoms in total. The highest BCUT2D eigenvalue weighted by atomic mass is 16.2. The molecule has 1 saturated heterocycles. The van der Waals surface area contributed by atoms with E-state index in [1.165, 1.54) is 0 Å². The van der Waals surface area contributed by atoms with E-state index in [0.29, 0.717) is 11.6 Å². The van der Waals surface area contributed by atoms with Crippen LogP contribution in [0.3, 0.4) is 0 Å². The molecule has 0 radical (unpaired) electrons. The monoisotopic (exact) mass is 371 g/mol. The summed E-state index contributed by atoms with van der Waals surface area (Å²) >= 11 is 0. The van der Waals surface area contributed by atoms with Crippen LogP contribution in [0, 0.1) is 13.8 Å². The lowest BCUT2D eigenvalue weighted by Gasteiger charge is -2.28. The van der Waals surface area contributed by atoms with Gasteiger partial charge in [0.15, 0.2) is 5.78 Å². The first-order chi connectivity index (χ1) is 12.9. The van der Waals surface area contributed by atoms with Crippen molar-refractivity contribution in [3.63, 3.8) is 0 Å². The number of imide groups is 2. The van der Waals surface area contributed by atoms with E-state index in [1.807, 2.05) is 19.9 Å². The van der Waals surface area contributed by atoms with E-state index in [2.05, 4.69) is 4.57 Å². The average molecular weight is 371 g/mol. The molecule has 1 aliphatic heterocycles. The Morgan fingerprint density at radius 1 is 0.963 bits per heavy atom.